The Morgan fingerprint density at radius 2 is 1.85 bits per heavy atom. The Hall–Kier alpha value is -0.490. The minimum absolute atomic E-state index is 0.191. The van der Waals surface area contributed by atoms with Crippen LogP contribution in [0.2, 0.25) is 0 Å². The molecule has 0 bridgehead atoms. The van der Waals surface area contributed by atoms with Gasteiger partial charge >= 0.3 is 19.4 Å². The SMILES string of the molecule is CC([S+]=S(=O)(O)O)c1ccccc1. The summed E-state index contributed by atoms with van der Waals surface area (Å²) >= 11 is 0. The second-order valence-electron chi connectivity index (χ2n) is 2.60. The third-order valence-corrected chi connectivity index (χ3v) is 3.97. The third kappa shape index (κ3) is 3.82. The zero-order chi connectivity index (χ0) is 9.90. The van der Waals surface area contributed by atoms with E-state index in [1.165, 1.54) is 0 Å². The summed E-state index contributed by atoms with van der Waals surface area (Å²) < 4.78 is 28.0. The van der Waals surface area contributed by atoms with E-state index in [9.17, 15) is 4.21 Å². The number of hydrogen-bond donors (Lipinski definition) is 2. The maximum Gasteiger partial charge on any atom is 0.431 e. The number of benzene rings is 1. The first-order chi connectivity index (χ1) is 5.99. The summed E-state index contributed by atoms with van der Waals surface area (Å²) in [6.07, 6.45) is 0. The van der Waals surface area contributed by atoms with Crippen LogP contribution in [-0.2, 0) is 19.4 Å². The number of rotatable bonds is 2. The standard InChI is InChI=1S/C8H10O3S2/c1-7(12-13(9,10)11)8-5-3-2-4-6-8/h2-7H,1H3,(H-,9,10,11)/p+1. The molecule has 72 valence electrons. The molecule has 0 aliphatic carbocycles. The lowest BCUT2D eigenvalue weighted by atomic mass is 10.2. The zero-order valence-electron chi connectivity index (χ0n) is 7.08. The molecular formula is C8H11O3S2+. The van der Waals surface area contributed by atoms with E-state index in [-0.39, 0.29) is 5.25 Å². The highest BCUT2D eigenvalue weighted by Gasteiger charge is 2.20. The van der Waals surface area contributed by atoms with Gasteiger partial charge in [-0.3, -0.25) is 9.11 Å². The van der Waals surface area contributed by atoms with Gasteiger partial charge in [0.1, 0.15) is 0 Å². The Morgan fingerprint density at radius 1 is 1.31 bits per heavy atom. The molecule has 0 amide bonds. The molecular weight excluding hydrogens is 208 g/mol. The van der Waals surface area contributed by atoms with Gasteiger partial charge in [0.15, 0.2) is 0 Å². The molecule has 5 heteroatoms. The molecule has 1 unspecified atom stereocenters. The molecule has 0 saturated heterocycles. The summed E-state index contributed by atoms with van der Waals surface area (Å²) in [5.41, 5.74) is 0.920. The maximum atomic E-state index is 10.6. The molecule has 0 fully saturated rings. The van der Waals surface area contributed by atoms with E-state index < -0.39 is 9.05 Å². The van der Waals surface area contributed by atoms with Crippen LogP contribution in [0.1, 0.15) is 17.7 Å². The Bertz CT molecular complexity index is 372. The van der Waals surface area contributed by atoms with Crippen LogP contribution in [0.5, 0.6) is 0 Å². The summed E-state index contributed by atoms with van der Waals surface area (Å²) in [6, 6.07) is 9.27. The summed E-state index contributed by atoms with van der Waals surface area (Å²) in [6.45, 7) is 1.77. The molecule has 0 aliphatic rings. The van der Waals surface area contributed by atoms with Crippen molar-refractivity contribution in [3.63, 3.8) is 0 Å². The summed E-state index contributed by atoms with van der Waals surface area (Å²) in [7, 11) is -3.06. The van der Waals surface area contributed by atoms with Gasteiger partial charge in [-0.1, -0.05) is 30.3 Å². The smallest absolute Gasteiger partial charge is 0.251 e. The van der Waals surface area contributed by atoms with E-state index in [1.54, 1.807) is 6.92 Å². The highest BCUT2D eigenvalue weighted by molar-refractivity contribution is 8.34. The van der Waals surface area contributed by atoms with Gasteiger partial charge in [0.05, 0.1) is 0 Å². The molecule has 0 aromatic heterocycles. The van der Waals surface area contributed by atoms with Crippen molar-refractivity contribution in [2.75, 3.05) is 0 Å². The van der Waals surface area contributed by atoms with Crippen LogP contribution in [0.3, 0.4) is 0 Å². The van der Waals surface area contributed by atoms with Gasteiger partial charge in [0, 0.05) is 5.56 Å². The topological polar surface area (TPSA) is 57.5 Å². The molecule has 0 aliphatic heterocycles. The van der Waals surface area contributed by atoms with Crippen LogP contribution >= 0.6 is 0 Å². The summed E-state index contributed by atoms with van der Waals surface area (Å²) in [4.78, 5) is 0. The molecule has 0 radical (unpaired) electrons. The van der Waals surface area contributed by atoms with E-state index >= 15 is 0 Å². The van der Waals surface area contributed by atoms with Gasteiger partial charge in [-0.2, -0.15) is 4.21 Å². The summed E-state index contributed by atoms with van der Waals surface area (Å²) in [5.74, 6) is 0. The maximum absolute atomic E-state index is 10.6. The molecule has 0 spiro atoms. The van der Waals surface area contributed by atoms with Crippen LogP contribution in [-0.4, -0.2) is 13.3 Å². The first kappa shape index (κ1) is 10.6. The van der Waals surface area contributed by atoms with E-state index in [2.05, 4.69) is 0 Å². The van der Waals surface area contributed by atoms with Crippen LogP contribution in [0, 0.1) is 0 Å². The molecule has 1 rings (SSSR count). The molecule has 0 saturated carbocycles. The fraction of sp³-hybridized carbons (Fsp3) is 0.250. The largest absolute Gasteiger partial charge is 0.431 e. The minimum atomic E-state index is -3.70. The van der Waals surface area contributed by atoms with Crippen molar-refractivity contribution >= 4 is 19.4 Å². The van der Waals surface area contributed by atoms with Crippen LogP contribution in [0.25, 0.3) is 0 Å². The quantitative estimate of drug-likeness (QED) is 0.748. The molecule has 1 aromatic rings. The van der Waals surface area contributed by atoms with E-state index in [0.717, 1.165) is 5.56 Å². The van der Waals surface area contributed by atoms with Gasteiger partial charge in [-0.25, -0.2) is 0 Å². The fourth-order valence-electron chi connectivity index (χ4n) is 0.968. The van der Waals surface area contributed by atoms with Gasteiger partial charge in [-0.15, -0.1) is 0 Å². The predicted octanol–water partition coefficient (Wildman–Crippen LogP) is 1.98. The molecule has 0 heterocycles. The Kier molecular flexibility index (Phi) is 3.38. The zero-order valence-corrected chi connectivity index (χ0v) is 8.72. The average Bonchev–Trinajstić information content (AvgIpc) is 2.03. The average molecular weight is 219 g/mol. The molecule has 2 N–H and O–H groups in total. The Balaban J connectivity index is 2.94. The first-order valence-corrected chi connectivity index (χ1v) is 6.58. The monoisotopic (exact) mass is 219 g/mol. The van der Waals surface area contributed by atoms with Gasteiger partial charge in [0.2, 0.25) is 5.25 Å². The molecule has 13 heavy (non-hydrogen) atoms. The lowest BCUT2D eigenvalue weighted by Gasteiger charge is -1.94. The Morgan fingerprint density at radius 3 is 2.31 bits per heavy atom. The van der Waals surface area contributed by atoms with Crippen molar-refractivity contribution in [2.24, 2.45) is 0 Å². The lowest BCUT2D eigenvalue weighted by Crippen LogP contribution is -2.00. The second kappa shape index (κ2) is 4.15. The predicted molar refractivity (Wildman–Crippen MR) is 55.6 cm³/mol. The van der Waals surface area contributed by atoms with E-state index in [0.29, 0.717) is 10.3 Å². The molecule has 3 nitrogen and oxygen atoms in total. The van der Waals surface area contributed by atoms with Gasteiger partial charge < -0.3 is 0 Å². The van der Waals surface area contributed by atoms with Crippen molar-refractivity contribution in [1.29, 1.82) is 0 Å². The van der Waals surface area contributed by atoms with Crippen molar-refractivity contribution in [2.45, 2.75) is 12.2 Å². The van der Waals surface area contributed by atoms with Crippen molar-refractivity contribution in [3.8, 4) is 0 Å². The van der Waals surface area contributed by atoms with E-state index in [1.807, 2.05) is 30.3 Å². The minimum Gasteiger partial charge on any atom is -0.251 e. The van der Waals surface area contributed by atoms with E-state index in [4.69, 9.17) is 9.11 Å². The van der Waals surface area contributed by atoms with Gasteiger partial charge in [-0.05, 0) is 6.92 Å². The fourth-order valence-corrected chi connectivity index (χ4v) is 3.07. The van der Waals surface area contributed by atoms with Crippen LogP contribution in [0.4, 0.5) is 0 Å². The lowest BCUT2D eigenvalue weighted by molar-refractivity contribution is 0.450. The van der Waals surface area contributed by atoms with Crippen LogP contribution in [0.15, 0.2) is 30.3 Å². The molecule has 1 atom stereocenters. The van der Waals surface area contributed by atoms with Crippen molar-refractivity contribution in [1.82, 2.24) is 0 Å². The highest BCUT2D eigenvalue weighted by Crippen LogP contribution is 2.14. The Labute approximate surface area is 81.1 Å². The first-order valence-electron chi connectivity index (χ1n) is 3.71. The normalized spacial score (nSPS) is 13.8. The van der Waals surface area contributed by atoms with Crippen molar-refractivity contribution < 1.29 is 13.3 Å². The van der Waals surface area contributed by atoms with Crippen LogP contribution < -0.4 is 0 Å². The van der Waals surface area contributed by atoms with Gasteiger partial charge in [0.25, 0.3) is 0 Å². The van der Waals surface area contributed by atoms with Crippen molar-refractivity contribution in [3.05, 3.63) is 35.9 Å². The third-order valence-electron chi connectivity index (χ3n) is 1.54. The number of hydrogen-bond acceptors (Lipinski definition) is 1. The molecule has 1 aromatic carbocycles. The second-order valence-corrected chi connectivity index (χ2v) is 6.27. The summed E-state index contributed by atoms with van der Waals surface area (Å²) in [5, 5.41) is -0.191. The highest BCUT2D eigenvalue weighted by atomic mass is 32.9.